The van der Waals surface area contributed by atoms with Gasteiger partial charge < -0.3 is 10.1 Å². The molecule has 0 aliphatic rings. The molecule has 1 rings (SSSR count). The van der Waals surface area contributed by atoms with Crippen molar-refractivity contribution in [3.05, 3.63) is 18.1 Å². The van der Waals surface area contributed by atoms with Gasteiger partial charge in [0.2, 0.25) is 0 Å². The third kappa shape index (κ3) is 5.09. The van der Waals surface area contributed by atoms with Gasteiger partial charge in [-0.15, -0.1) is 0 Å². The van der Waals surface area contributed by atoms with Crippen molar-refractivity contribution in [3.63, 3.8) is 0 Å². The third-order valence-electron chi connectivity index (χ3n) is 1.79. The Hall–Kier alpha value is -0.680. The first kappa shape index (κ1) is 12.4. The van der Waals surface area contributed by atoms with Crippen LogP contribution in [0.25, 0.3) is 0 Å². The Morgan fingerprint density at radius 1 is 1.47 bits per heavy atom. The highest BCUT2D eigenvalue weighted by molar-refractivity contribution is 9.09. The van der Waals surface area contributed by atoms with Crippen LogP contribution in [0.1, 0.15) is 19.0 Å². The highest BCUT2D eigenvalue weighted by atomic mass is 79.9. The molecule has 1 heterocycles. The van der Waals surface area contributed by atoms with Crippen LogP contribution in [0.4, 0.5) is 5.82 Å². The molecule has 15 heavy (non-hydrogen) atoms. The standard InChI is InChI=1S/C10H16BrN3O/c1-2-15-7-9-6-10(14-8-13-9)12-5-3-4-11/h6,8H,2-5,7H2,1H3,(H,12,13,14). The fourth-order valence-electron chi connectivity index (χ4n) is 1.06. The van der Waals surface area contributed by atoms with Crippen molar-refractivity contribution in [2.45, 2.75) is 20.0 Å². The number of halogens is 1. The van der Waals surface area contributed by atoms with Gasteiger partial charge in [0, 0.05) is 24.5 Å². The summed E-state index contributed by atoms with van der Waals surface area (Å²) in [6.07, 6.45) is 2.63. The molecule has 0 aliphatic heterocycles. The van der Waals surface area contributed by atoms with Crippen molar-refractivity contribution in [2.75, 3.05) is 23.8 Å². The molecule has 1 N–H and O–H groups in total. The molecular formula is C10H16BrN3O. The van der Waals surface area contributed by atoms with Gasteiger partial charge in [0.25, 0.3) is 0 Å². The lowest BCUT2D eigenvalue weighted by Crippen LogP contribution is -2.05. The van der Waals surface area contributed by atoms with Crippen LogP contribution in [0, 0.1) is 0 Å². The number of nitrogens with zero attached hydrogens (tertiary/aromatic N) is 2. The van der Waals surface area contributed by atoms with Crippen LogP contribution in [0.5, 0.6) is 0 Å². The number of hydrogen-bond donors (Lipinski definition) is 1. The van der Waals surface area contributed by atoms with Gasteiger partial charge >= 0.3 is 0 Å². The van der Waals surface area contributed by atoms with Gasteiger partial charge in [-0.25, -0.2) is 9.97 Å². The normalized spacial score (nSPS) is 10.3. The minimum Gasteiger partial charge on any atom is -0.375 e. The molecule has 0 fully saturated rings. The summed E-state index contributed by atoms with van der Waals surface area (Å²) in [5.74, 6) is 0.862. The fraction of sp³-hybridized carbons (Fsp3) is 0.600. The molecule has 1 aromatic rings. The molecule has 0 aromatic carbocycles. The van der Waals surface area contributed by atoms with Gasteiger partial charge in [-0.1, -0.05) is 15.9 Å². The van der Waals surface area contributed by atoms with Crippen LogP contribution in [-0.4, -0.2) is 28.4 Å². The molecule has 0 bridgehead atoms. The molecular weight excluding hydrogens is 258 g/mol. The number of nitrogens with one attached hydrogen (secondary N) is 1. The Morgan fingerprint density at radius 2 is 2.33 bits per heavy atom. The van der Waals surface area contributed by atoms with E-state index < -0.39 is 0 Å². The first-order valence-corrected chi connectivity index (χ1v) is 6.17. The van der Waals surface area contributed by atoms with E-state index in [1.54, 1.807) is 6.33 Å². The summed E-state index contributed by atoms with van der Waals surface area (Å²) in [5, 5.41) is 4.22. The van der Waals surface area contributed by atoms with E-state index >= 15 is 0 Å². The summed E-state index contributed by atoms with van der Waals surface area (Å²) in [6, 6.07) is 1.92. The number of hydrogen-bond acceptors (Lipinski definition) is 4. The minimum absolute atomic E-state index is 0.548. The van der Waals surface area contributed by atoms with Crippen molar-refractivity contribution in [1.82, 2.24) is 9.97 Å². The van der Waals surface area contributed by atoms with E-state index in [1.807, 2.05) is 13.0 Å². The molecule has 0 radical (unpaired) electrons. The second-order valence-electron chi connectivity index (χ2n) is 3.00. The van der Waals surface area contributed by atoms with Crippen molar-refractivity contribution in [1.29, 1.82) is 0 Å². The number of rotatable bonds is 7. The molecule has 0 amide bonds. The highest BCUT2D eigenvalue weighted by Crippen LogP contribution is 2.05. The summed E-state index contributed by atoms with van der Waals surface area (Å²) >= 11 is 3.38. The van der Waals surface area contributed by atoms with Crippen LogP contribution in [0.3, 0.4) is 0 Å². The van der Waals surface area contributed by atoms with Crippen molar-refractivity contribution in [3.8, 4) is 0 Å². The van der Waals surface area contributed by atoms with Crippen LogP contribution in [0.2, 0.25) is 0 Å². The minimum atomic E-state index is 0.548. The van der Waals surface area contributed by atoms with E-state index in [4.69, 9.17) is 4.74 Å². The molecule has 5 heteroatoms. The quantitative estimate of drug-likeness (QED) is 0.611. The van der Waals surface area contributed by atoms with Gasteiger partial charge in [-0.05, 0) is 13.3 Å². The second-order valence-corrected chi connectivity index (χ2v) is 3.79. The predicted molar refractivity (Wildman–Crippen MR) is 64.3 cm³/mol. The summed E-state index contributed by atoms with van der Waals surface area (Å²) in [6.45, 7) is 4.13. The SMILES string of the molecule is CCOCc1cc(NCCCBr)ncn1. The zero-order chi connectivity index (χ0) is 10.9. The Bertz CT molecular complexity index is 283. The van der Waals surface area contributed by atoms with E-state index in [9.17, 15) is 0 Å². The highest BCUT2D eigenvalue weighted by Gasteiger charge is 1.97. The lowest BCUT2D eigenvalue weighted by atomic mass is 10.4. The molecule has 0 atom stereocenters. The first-order chi connectivity index (χ1) is 7.36. The van der Waals surface area contributed by atoms with Crippen LogP contribution in [-0.2, 0) is 11.3 Å². The first-order valence-electron chi connectivity index (χ1n) is 5.05. The van der Waals surface area contributed by atoms with Gasteiger partial charge in [0.1, 0.15) is 12.1 Å². The maximum absolute atomic E-state index is 5.27. The molecule has 1 aromatic heterocycles. The van der Waals surface area contributed by atoms with E-state index in [1.165, 1.54) is 0 Å². The average molecular weight is 274 g/mol. The third-order valence-corrected chi connectivity index (χ3v) is 2.36. The fourth-order valence-corrected chi connectivity index (χ4v) is 1.34. The van der Waals surface area contributed by atoms with E-state index in [0.717, 1.165) is 29.8 Å². The number of alkyl halides is 1. The second kappa shape index (κ2) is 7.59. The molecule has 0 saturated heterocycles. The Balaban J connectivity index is 2.42. The van der Waals surface area contributed by atoms with Crippen molar-refractivity contribution in [2.24, 2.45) is 0 Å². The Labute approximate surface area is 98.6 Å². The molecule has 0 unspecified atom stereocenters. The van der Waals surface area contributed by atoms with Gasteiger partial charge in [-0.2, -0.15) is 0 Å². The molecule has 0 spiro atoms. The van der Waals surface area contributed by atoms with Crippen molar-refractivity contribution >= 4 is 21.7 Å². The maximum Gasteiger partial charge on any atom is 0.129 e. The summed E-state index contributed by atoms with van der Waals surface area (Å²) in [4.78, 5) is 8.25. The molecule has 0 aliphatic carbocycles. The average Bonchev–Trinajstić information content (AvgIpc) is 2.27. The Kier molecular flexibility index (Phi) is 6.27. The zero-order valence-corrected chi connectivity index (χ0v) is 10.5. The monoisotopic (exact) mass is 273 g/mol. The Morgan fingerprint density at radius 3 is 3.07 bits per heavy atom. The maximum atomic E-state index is 5.27. The van der Waals surface area contributed by atoms with E-state index in [0.29, 0.717) is 13.2 Å². The van der Waals surface area contributed by atoms with Crippen LogP contribution in [0.15, 0.2) is 12.4 Å². The predicted octanol–water partition coefficient (Wildman–Crippen LogP) is 2.21. The van der Waals surface area contributed by atoms with E-state index in [2.05, 4.69) is 31.2 Å². The van der Waals surface area contributed by atoms with E-state index in [-0.39, 0.29) is 0 Å². The molecule has 84 valence electrons. The summed E-state index contributed by atoms with van der Waals surface area (Å²) in [7, 11) is 0. The zero-order valence-electron chi connectivity index (χ0n) is 8.87. The van der Waals surface area contributed by atoms with Crippen LogP contribution >= 0.6 is 15.9 Å². The smallest absolute Gasteiger partial charge is 0.129 e. The lowest BCUT2D eigenvalue weighted by molar-refractivity contribution is 0.131. The van der Waals surface area contributed by atoms with Gasteiger partial charge in [-0.3, -0.25) is 0 Å². The lowest BCUT2D eigenvalue weighted by Gasteiger charge is -2.05. The van der Waals surface area contributed by atoms with Crippen LogP contribution < -0.4 is 5.32 Å². The van der Waals surface area contributed by atoms with Crippen molar-refractivity contribution < 1.29 is 4.74 Å². The number of anilines is 1. The largest absolute Gasteiger partial charge is 0.375 e. The summed E-state index contributed by atoms with van der Waals surface area (Å²) < 4.78 is 5.27. The molecule has 4 nitrogen and oxygen atoms in total. The van der Waals surface area contributed by atoms with Gasteiger partial charge in [0.05, 0.1) is 12.3 Å². The van der Waals surface area contributed by atoms with Gasteiger partial charge in [0.15, 0.2) is 0 Å². The number of ether oxygens (including phenoxy) is 1. The molecule has 0 saturated carbocycles. The summed E-state index contributed by atoms with van der Waals surface area (Å²) in [5.41, 5.74) is 0.910. The number of aromatic nitrogens is 2. The topological polar surface area (TPSA) is 47.0 Å².